The van der Waals surface area contributed by atoms with Gasteiger partial charge < -0.3 is 9.30 Å². The van der Waals surface area contributed by atoms with E-state index in [0.29, 0.717) is 6.54 Å². The van der Waals surface area contributed by atoms with Crippen LogP contribution in [-0.2, 0) is 25.8 Å². The van der Waals surface area contributed by atoms with Crippen molar-refractivity contribution in [2.24, 2.45) is 0 Å². The number of hydrogen-bond acceptors (Lipinski definition) is 3. The second-order valence-corrected chi connectivity index (χ2v) is 8.64. The zero-order chi connectivity index (χ0) is 23.4. The summed E-state index contributed by atoms with van der Waals surface area (Å²) in [6.45, 7) is 14.9. The van der Waals surface area contributed by atoms with Gasteiger partial charge >= 0.3 is 0 Å². The number of ether oxygens (including phenoxy) is 1. The van der Waals surface area contributed by atoms with Crippen LogP contribution in [0.3, 0.4) is 0 Å². The highest BCUT2D eigenvalue weighted by molar-refractivity contribution is 5.70. The van der Waals surface area contributed by atoms with Crippen LogP contribution >= 0.6 is 0 Å². The molecule has 4 heteroatoms. The number of pyridine rings is 2. The summed E-state index contributed by atoms with van der Waals surface area (Å²) in [5, 5.41) is 0. The highest BCUT2D eigenvalue weighted by Gasteiger charge is 2.18. The molecule has 3 rings (SSSR count). The Morgan fingerprint density at radius 1 is 0.938 bits per heavy atom. The van der Waals surface area contributed by atoms with Gasteiger partial charge in [0.2, 0.25) is 0 Å². The predicted octanol–water partition coefficient (Wildman–Crippen LogP) is 6.05. The maximum Gasteiger partial charge on any atom is 0.254 e. The van der Waals surface area contributed by atoms with Crippen LogP contribution in [-0.4, -0.2) is 15.7 Å². The number of hydrogen-bond donors (Lipinski definition) is 0. The van der Waals surface area contributed by atoms with E-state index >= 15 is 0 Å². The summed E-state index contributed by atoms with van der Waals surface area (Å²) in [6, 6.07) is 12.5. The van der Waals surface area contributed by atoms with Gasteiger partial charge in [0.25, 0.3) is 5.56 Å². The van der Waals surface area contributed by atoms with Crippen molar-refractivity contribution < 1.29 is 4.74 Å². The number of aryl methyl sites for hydroxylation is 5. The maximum absolute atomic E-state index is 13.0. The molecule has 0 radical (unpaired) electrons. The molecule has 0 aliphatic carbocycles. The highest BCUT2D eigenvalue weighted by Crippen LogP contribution is 2.33. The zero-order valence-corrected chi connectivity index (χ0v) is 20.6. The molecule has 0 aliphatic rings. The van der Waals surface area contributed by atoms with Gasteiger partial charge in [0.1, 0.15) is 5.75 Å². The molecule has 0 spiro atoms. The summed E-state index contributed by atoms with van der Waals surface area (Å²) in [7, 11) is 0. The minimum absolute atomic E-state index is 0.0234. The third-order valence-electron chi connectivity index (χ3n) is 6.08. The lowest BCUT2D eigenvalue weighted by atomic mass is 9.94. The molecule has 0 bridgehead atoms. The van der Waals surface area contributed by atoms with Gasteiger partial charge in [-0.15, -0.1) is 0 Å². The average Bonchev–Trinajstić information content (AvgIpc) is 2.76. The van der Waals surface area contributed by atoms with Gasteiger partial charge in [0.15, 0.2) is 0 Å². The molecule has 0 atom stereocenters. The van der Waals surface area contributed by atoms with E-state index in [1.54, 1.807) is 0 Å². The number of benzene rings is 1. The molecule has 4 nitrogen and oxygen atoms in total. The van der Waals surface area contributed by atoms with Crippen molar-refractivity contribution in [1.82, 2.24) is 9.55 Å². The Kier molecular flexibility index (Phi) is 7.55. The third kappa shape index (κ3) is 4.79. The minimum atomic E-state index is 0.0234. The Labute approximate surface area is 192 Å². The van der Waals surface area contributed by atoms with Gasteiger partial charge in [-0.1, -0.05) is 45.0 Å². The Bertz CT molecular complexity index is 1140. The first-order valence-corrected chi connectivity index (χ1v) is 11.8. The molecule has 0 unspecified atom stereocenters. The van der Waals surface area contributed by atoms with E-state index in [1.807, 2.05) is 51.3 Å². The fourth-order valence-electron chi connectivity index (χ4n) is 4.26. The lowest BCUT2D eigenvalue weighted by Gasteiger charge is -2.21. The molecule has 0 aliphatic heterocycles. The first-order valence-electron chi connectivity index (χ1n) is 11.8. The Morgan fingerprint density at radius 3 is 2.12 bits per heavy atom. The molecule has 0 N–H and O–H groups in total. The summed E-state index contributed by atoms with van der Waals surface area (Å²) in [5.41, 5.74) is 8.45. The molecular formula is C28H36N2O2. The zero-order valence-electron chi connectivity index (χ0n) is 20.6. The van der Waals surface area contributed by atoms with Gasteiger partial charge in [-0.05, 0) is 64.2 Å². The fraction of sp³-hybridized carbons (Fsp3) is 0.429. The number of aromatic nitrogens is 2. The van der Waals surface area contributed by atoms with Gasteiger partial charge in [0, 0.05) is 34.1 Å². The Balaban J connectivity index is 2.20. The topological polar surface area (TPSA) is 44.1 Å². The van der Waals surface area contributed by atoms with E-state index < -0.39 is 0 Å². The van der Waals surface area contributed by atoms with Crippen molar-refractivity contribution in [1.29, 1.82) is 0 Å². The van der Waals surface area contributed by atoms with Crippen molar-refractivity contribution in [3.05, 3.63) is 80.4 Å². The Hall–Kier alpha value is -2.88. The molecule has 0 fully saturated rings. The smallest absolute Gasteiger partial charge is 0.254 e. The molecule has 1 aromatic carbocycles. The van der Waals surface area contributed by atoms with E-state index in [0.717, 1.165) is 53.2 Å². The van der Waals surface area contributed by atoms with Crippen LogP contribution in [0.1, 0.15) is 68.3 Å². The van der Waals surface area contributed by atoms with E-state index in [2.05, 4.69) is 38.1 Å². The van der Waals surface area contributed by atoms with Crippen molar-refractivity contribution in [3.8, 4) is 17.0 Å². The molecule has 2 aromatic heterocycles. The SMILES string of the molecule is CCc1cccc(CC)c1-c1cc(OC(C)C)c(Cn2c(C)ccc(CC)c2=O)c(C)n1. The van der Waals surface area contributed by atoms with Crippen molar-refractivity contribution in [3.63, 3.8) is 0 Å². The van der Waals surface area contributed by atoms with Crippen molar-refractivity contribution >= 4 is 0 Å². The molecule has 3 aromatic rings. The number of nitrogens with zero attached hydrogens (tertiary/aromatic N) is 2. The van der Waals surface area contributed by atoms with E-state index in [-0.39, 0.29) is 11.7 Å². The van der Waals surface area contributed by atoms with Crippen LogP contribution in [0.5, 0.6) is 5.75 Å². The van der Waals surface area contributed by atoms with Crippen LogP contribution in [0, 0.1) is 13.8 Å². The predicted molar refractivity (Wildman–Crippen MR) is 133 cm³/mol. The lowest BCUT2D eigenvalue weighted by Crippen LogP contribution is -2.26. The van der Waals surface area contributed by atoms with E-state index in [1.165, 1.54) is 16.7 Å². The first-order chi connectivity index (χ1) is 15.3. The third-order valence-corrected chi connectivity index (χ3v) is 6.08. The van der Waals surface area contributed by atoms with Gasteiger partial charge in [0.05, 0.1) is 18.3 Å². The molecule has 0 saturated heterocycles. The molecule has 170 valence electrons. The highest BCUT2D eigenvalue weighted by atomic mass is 16.5. The lowest BCUT2D eigenvalue weighted by molar-refractivity contribution is 0.239. The minimum Gasteiger partial charge on any atom is -0.491 e. The maximum atomic E-state index is 13.0. The van der Waals surface area contributed by atoms with Crippen LogP contribution in [0.25, 0.3) is 11.3 Å². The molecule has 0 saturated carbocycles. The second-order valence-electron chi connectivity index (χ2n) is 8.64. The quantitative estimate of drug-likeness (QED) is 0.435. The van der Waals surface area contributed by atoms with Crippen LogP contribution < -0.4 is 10.3 Å². The van der Waals surface area contributed by atoms with Crippen molar-refractivity contribution in [2.75, 3.05) is 0 Å². The molecule has 2 heterocycles. The average molecular weight is 433 g/mol. The van der Waals surface area contributed by atoms with E-state index in [9.17, 15) is 4.79 Å². The van der Waals surface area contributed by atoms with Gasteiger partial charge in [-0.2, -0.15) is 0 Å². The number of rotatable bonds is 8. The molecular weight excluding hydrogens is 396 g/mol. The standard InChI is InChI=1S/C28H36N2O2/c1-8-21-12-11-13-22(9-2)27(21)25-16-26(32-18(4)5)24(20(7)29-25)17-30-19(6)14-15-23(10-3)28(30)31/h11-16,18H,8-10,17H2,1-7H3. The van der Waals surface area contributed by atoms with Crippen LogP contribution in [0.15, 0.2) is 41.2 Å². The van der Waals surface area contributed by atoms with Crippen molar-refractivity contribution in [2.45, 2.75) is 80.4 Å². The van der Waals surface area contributed by atoms with Gasteiger partial charge in [-0.3, -0.25) is 9.78 Å². The summed E-state index contributed by atoms with van der Waals surface area (Å²) >= 11 is 0. The summed E-state index contributed by atoms with van der Waals surface area (Å²) in [6.07, 6.45) is 2.64. The normalized spacial score (nSPS) is 11.2. The van der Waals surface area contributed by atoms with Gasteiger partial charge in [-0.25, -0.2) is 0 Å². The fourth-order valence-corrected chi connectivity index (χ4v) is 4.26. The monoisotopic (exact) mass is 432 g/mol. The second kappa shape index (κ2) is 10.2. The Morgan fingerprint density at radius 2 is 1.56 bits per heavy atom. The van der Waals surface area contributed by atoms with Crippen LogP contribution in [0.4, 0.5) is 0 Å². The summed E-state index contributed by atoms with van der Waals surface area (Å²) in [4.78, 5) is 18.1. The van der Waals surface area contributed by atoms with E-state index in [4.69, 9.17) is 9.72 Å². The molecule has 0 amide bonds. The summed E-state index contributed by atoms with van der Waals surface area (Å²) < 4.78 is 8.13. The first kappa shape index (κ1) is 23.8. The molecule has 32 heavy (non-hydrogen) atoms. The van der Waals surface area contributed by atoms with Crippen LogP contribution in [0.2, 0.25) is 0 Å². The largest absolute Gasteiger partial charge is 0.491 e. The summed E-state index contributed by atoms with van der Waals surface area (Å²) in [5.74, 6) is 0.809.